The Morgan fingerprint density at radius 3 is 2.57 bits per heavy atom. The number of halogens is 2. The van der Waals surface area contributed by atoms with E-state index in [1.165, 1.54) is 29.5 Å². The number of benzene rings is 2. The number of aromatic nitrogens is 1. The van der Waals surface area contributed by atoms with Gasteiger partial charge in [-0.05, 0) is 48.6 Å². The van der Waals surface area contributed by atoms with E-state index in [9.17, 15) is 9.18 Å². The molecule has 0 unspecified atom stereocenters. The van der Waals surface area contributed by atoms with Gasteiger partial charge in [0.05, 0.1) is 16.6 Å². The third kappa shape index (κ3) is 3.41. The Hall–Kier alpha value is -1.83. The minimum Gasteiger partial charge on any atom is -0.404 e. The van der Waals surface area contributed by atoms with Crippen molar-refractivity contribution in [1.29, 1.82) is 0 Å². The molecule has 0 atom stereocenters. The van der Waals surface area contributed by atoms with Gasteiger partial charge in [0.25, 0.3) is 0 Å². The Labute approximate surface area is 149 Å². The monoisotopic (exact) mass is 409 g/mol. The molecule has 0 amide bonds. The maximum atomic E-state index is 13.7. The van der Waals surface area contributed by atoms with Gasteiger partial charge in [-0.2, -0.15) is 0 Å². The molecule has 3 nitrogen and oxygen atoms in total. The van der Waals surface area contributed by atoms with E-state index >= 15 is 0 Å². The molecule has 0 aliphatic carbocycles. The first-order chi connectivity index (χ1) is 11.1. The van der Waals surface area contributed by atoms with Gasteiger partial charge in [-0.15, -0.1) is 11.3 Å². The molecule has 0 saturated heterocycles. The number of ether oxygens (including phenoxy) is 1. The zero-order valence-corrected chi connectivity index (χ0v) is 14.8. The fourth-order valence-electron chi connectivity index (χ4n) is 1.97. The zero-order valence-electron chi connectivity index (χ0n) is 11.5. The summed E-state index contributed by atoms with van der Waals surface area (Å²) in [6.45, 7) is 0. The summed E-state index contributed by atoms with van der Waals surface area (Å²) in [6.07, 6.45) is 0. The second-order valence-corrected chi connectivity index (χ2v) is 6.94. The van der Waals surface area contributed by atoms with Crippen molar-refractivity contribution >= 4 is 45.5 Å². The third-order valence-electron chi connectivity index (χ3n) is 3.04. The summed E-state index contributed by atoms with van der Waals surface area (Å²) in [5.41, 5.74) is 0.641. The fraction of sp³-hybridized carbons (Fsp3) is 0. The Morgan fingerprint density at radius 1 is 1.17 bits per heavy atom. The number of nitrogens with zero attached hydrogens (tertiary/aromatic N) is 1. The normalized spacial score (nSPS) is 10.5. The summed E-state index contributed by atoms with van der Waals surface area (Å²) in [5.74, 6) is -1.13. The van der Waals surface area contributed by atoms with Crippen LogP contribution in [0, 0.1) is 9.77 Å². The van der Waals surface area contributed by atoms with Gasteiger partial charge in [-0.25, -0.2) is 9.18 Å². The largest absolute Gasteiger partial charge is 0.404 e. The van der Waals surface area contributed by atoms with Crippen LogP contribution in [0.1, 0.15) is 10.4 Å². The van der Waals surface area contributed by atoms with Gasteiger partial charge in [0, 0.05) is 4.47 Å². The number of rotatable bonds is 3. The van der Waals surface area contributed by atoms with Gasteiger partial charge in [0.2, 0.25) is 5.88 Å². The lowest BCUT2D eigenvalue weighted by molar-refractivity contribution is 0.0720. The summed E-state index contributed by atoms with van der Waals surface area (Å²) in [6, 6.07) is 13.1. The zero-order chi connectivity index (χ0) is 16.4. The SMILES string of the molecule is O=C(Oc1csc(=S)n1-c1ccc(Br)cc1)c1ccccc1F. The van der Waals surface area contributed by atoms with Crippen LogP contribution in [0.25, 0.3) is 5.69 Å². The molecule has 0 radical (unpaired) electrons. The van der Waals surface area contributed by atoms with Crippen molar-refractivity contribution in [2.75, 3.05) is 0 Å². The van der Waals surface area contributed by atoms with Gasteiger partial charge in [0.1, 0.15) is 5.82 Å². The lowest BCUT2D eigenvalue weighted by Crippen LogP contribution is -2.12. The van der Waals surface area contributed by atoms with Crippen molar-refractivity contribution in [2.24, 2.45) is 0 Å². The van der Waals surface area contributed by atoms with E-state index in [-0.39, 0.29) is 11.4 Å². The molecule has 3 aromatic rings. The maximum absolute atomic E-state index is 13.7. The summed E-state index contributed by atoms with van der Waals surface area (Å²) < 4.78 is 22.1. The highest BCUT2D eigenvalue weighted by molar-refractivity contribution is 9.10. The molecule has 7 heteroatoms. The van der Waals surface area contributed by atoms with Crippen molar-refractivity contribution in [2.45, 2.75) is 0 Å². The maximum Gasteiger partial charge on any atom is 0.347 e. The first kappa shape index (κ1) is 16.0. The van der Waals surface area contributed by atoms with E-state index < -0.39 is 11.8 Å². The van der Waals surface area contributed by atoms with Crippen molar-refractivity contribution in [1.82, 2.24) is 4.57 Å². The van der Waals surface area contributed by atoms with Crippen LogP contribution >= 0.6 is 39.5 Å². The second-order valence-electron chi connectivity index (χ2n) is 4.52. The Morgan fingerprint density at radius 2 is 1.87 bits per heavy atom. The van der Waals surface area contributed by atoms with Crippen LogP contribution in [-0.4, -0.2) is 10.5 Å². The molecule has 0 bridgehead atoms. The average molecular weight is 410 g/mol. The predicted octanol–water partition coefficient (Wildman–Crippen LogP) is 5.39. The van der Waals surface area contributed by atoms with Crippen molar-refractivity contribution in [3.05, 3.63) is 73.7 Å². The molecular formula is C16H9BrFNO2S2. The molecule has 3 rings (SSSR count). The van der Waals surface area contributed by atoms with E-state index in [0.717, 1.165) is 10.2 Å². The second kappa shape index (κ2) is 6.74. The molecule has 0 fully saturated rings. The quantitative estimate of drug-likeness (QED) is 0.429. The molecule has 0 spiro atoms. The van der Waals surface area contributed by atoms with Gasteiger partial charge in [-0.3, -0.25) is 4.57 Å². The number of thiazole rings is 1. The van der Waals surface area contributed by atoms with Crippen LogP contribution in [0.15, 0.2) is 58.4 Å². The third-order valence-corrected chi connectivity index (χ3v) is 4.74. The highest BCUT2D eigenvalue weighted by Gasteiger charge is 2.17. The van der Waals surface area contributed by atoms with Crippen LogP contribution in [-0.2, 0) is 0 Å². The molecule has 116 valence electrons. The Kier molecular flexibility index (Phi) is 4.70. The first-order valence-electron chi connectivity index (χ1n) is 6.49. The van der Waals surface area contributed by atoms with Crippen LogP contribution in [0.3, 0.4) is 0 Å². The number of carbonyl (C=O) groups excluding carboxylic acids is 1. The highest BCUT2D eigenvalue weighted by Crippen LogP contribution is 2.26. The van der Waals surface area contributed by atoms with Gasteiger partial charge in [-0.1, -0.05) is 28.1 Å². The fourth-order valence-corrected chi connectivity index (χ4v) is 3.23. The molecule has 2 aromatic carbocycles. The summed E-state index contributed by atoms with van der Waals surface area (Å²) in [4.78, 5) is 12.2. The number of hydrogen-bond acceptors (Lipinski definition) is 4. The summed E-state index contributed by atoms with van der Waals surface area (Å²) in [5, 5.41) is 1.63. The first-order valence-corrected chi connectivity index (χ1v) is 8.57. The average Bonchev–Trinajstić information content (AvgIpc) is 2.89. The Balaban J connectivity index is 1.96. The molecule has 0 aliphatic heterocycles. The standard InChI is InChI=1S/C16H9BrFNO2S2/c17-10-5-7-11(8-6-10)19-14(9-23-16(19)22)21-15(20)12-3-1-2-4-13(12)18/h1-9H. The van der Waals surface area contributed by atoms with E-state index in [0.29, 0.717) is 3.95 Å². The number of esters is 1. The smallest absolute Gasteiger partial charge is 0.347 e. The number of carbonyl (C=O) groups is 1. The molecule has 0 saturated carbocycles. The van der Waals surface area contributed by atoms with E-state index in [2.05, 4.69) is 15.9 Å². The van der Waals surface area contributed by atoms with Crippen LogP contribution in [0.5, 0.6) is 5.88 Å². The van der Waals surface area contributed by atoms with Crippen molar-refractivity contribution < 1.29 is 13.9 Å². The molecule has 0 N–H and O–H groups in total. The topological polar surface area (TPSA) is 31.2 Å². The molecule has 23 heavy (non-hydrogen) atoms. The molecule has 1 heterocycles. The lowest BCUT2D eigenvalue weighted by atomic mass is 10.2. The predicted molar refractivity (Wildman–Crippen MR) is 93.5 cm³/mol. The van der Waals surface area contributed by atoms with E-state index in [1.807, 2.05) is 24.3 Å². The summed E-state index contributed by atoms with van der Waals surface area (Å²) >= 11 is 9.92. The minimum absolute atomic E-state index is 0.119. The van der Waals surface area contributed by atoms with Gasteiger partial charge < -0.3 is 4.74 Å². The van der Waals surface area contributed by atoms with Crippen LogP contribution < -0.4 is 4.74 Å². The summed E-state index contributed by atoms with van der Waals surface area (Å²) in [7, 11) is 0. The van der Waals surface area contributed by atoms with Gasteiger partial charge in [0.15, 0.2) is 3.95 Å². The highest BCUT2D eigenvalue weighted by atomic mass is 79.9. The lowest BCUT2D eigenvalue weighted by Gasteiger charge is -2.09. The van der Waals surface area contributed by atoms with Crippen LogP contribution in [0.2, 0.25) is 0 Å². The van der Waals surface area contributed by atoms with Crippen molar-refractivity contribution in [3.8, 4) is 11.6 Å². The molecular weight excluding hydrogens is 401 g/mol. The van der Waals surface area contributed by atoms with Crippen LogP contribution in [0.4, 0.5) is 4.39 Å². The van der Waals surface area contributed by atoms with Crippen molar-refractivity contribution in [3.63, 3.8) is 0 Å². The van der Waals surface area contributed by atoms with E-state index in [1.54, 1.807) is 16.0 Å². The van der Waals surface area contributed by atoms with Gasteiger partial charge >= 0.3 is 5.97 Å². The van der Waals surface area contributed by atoms with E-state index in [4.69, 9.17) is 17.0 Å². The minimum atomic E-state index is -0.762. The number of hydrogen-bond donors (Lipinski definition) is 0. The Bertz CT molecular complexity index is 918. The molecule has 1 aromatic heterocycles. The molecule has 0 aliphatic rings.